The van der Waals surface area contributed by atoms with Gasteiger partial charge in [0.1, 0.15) is 0 Å². The van der Waals surface area contributed by atoms with Gasteiger partial charge < -0.3 is 9.47 Å². The fraction of sp³-hybridized carbons (Fsp3) is 0.750. The molecule has 102 valence electrons. The van der Waals surface area contributed by atoms with E-state index in [0.717, 1.165) is 37.9 Å². The van der Waals surface area contributed by atoms with Crippen molar-refractivity contribution >= 4 is 0 Å². The summed E-state index contributed by atoms with van der Waals surface area (Å²) < 4.78 is 11.0. The summed E-state index contributed by atoms with van der Waals surface area (Å²) in [7, 11) is 0. The third-order valence-electron chi connectivity index (χ3n) is 3.60. The van der Waals surface area contributed by atoms with Crippen LogP contribution in [-0.4, -0.2) is 19.5 Å². The predicted molar refractivity (Wildman–Crippen MR) is 74.3 cm³/mol. The van der Waals surface area contributed by atoms with E-state index in [0.29, 0.717) is 0 Å². The van der Waals surface area contributed by atoms with E-state index in [2.05, 4.69) is 32.9 Å². The molecule has 0 bridgehead atoms. The van der Waals surface area contributed by atoms with Crippen LogP contribution in [0.2, 0.25) is 0 Å². The Morgan fingerprint density at radius 1 is 1.28 bits per heavy atom. The maximum atomic E-state index is 5.49. The van der Waals surface area contributed by atoms with Gasteiger partial charge in [-0.15, -0.1) is 0 Å². The Morgan fingerprint density at radius 2 is 2.00 bits per heavy atom. The van der Waals surface area contributed by atoms with Crippen LogP contribution in [0, 0.1) is 11.8 Å². The predicted octanol–water partition coefficient (Wildman–Crippen LogP) is 4.08. The molecule has 0 spiro atoms. The number of ether oxygens (including phenoxy) is 2. The molecule has 0 N–H and O–H groups in total. The van der Waals surface area contributed by atoms with Crippen LogP contribution in [0.15, 0.2) is 23.3 Å². The van der Waals surface area contributed by atoms with E-state index in [9.17, 15) is 0 Å². The Morgan fingerprint density at radius 3 is 2.67 bits per heavy atom. The molecule has 1 aliphatic carbocycles. The molecule has 18 heavy (non-hydrogen) atoms. The molecule has 2 rings (SSSR count). The van der Waals surface area contributed by atoms with Crippen molar-refractivity contribution in [1.29, 1.82) is 0 Å². The molecule has 1 unspecified atom stereocenters. The Hall–Kier alpha value is -0.600. The summed E-state index contributed by atoms with van der Waals surface area (Å²) in [4.78, 5) is 0. The molecule has 1 atom stereocenters. The molecule has 0 aromatic rings. The van der Waals surface area contributed by atoms with Crippen LogP contribution in [0.25, 0.3) is 0 Å². The molecule has 0 saturated carbocycles. The lowest BCUT2D eigenvalue weighted by Gasteiger charge is -2.22. The lowest BCUT2D eigenvalue weighted by molar-refractivity contribution is -0.0460. The second-order valence-corrected chi connectivity index (χ2v) is 6.04. The highest BCUT2D eigenvalue weighted by Gasteiger charge is 2.18. The minimum Gasteiger partial charge on any atom is -0.350 e. The fourth-order valence-electron chi connectivity index (χ4n) is 2.97. The van der Waals surface area contributed by atoms with E-state index in [4.69, 9.17) is 9.47 Å². The van der Waals surface area contributed by atoms with Gasteiger partial charge in [0.15, 0.2) is 6.29 Å². The van der Waals surface area contributed by atoms with Crippen LogP contribution in [0.5, 0.6) is 0 Å². The first-order valence-corrected chi connectivity index (χ1v) is 7.24. The molecule has 1 aliphatic heterocycles. The third-order valence-corrected chi connectivity index (χ3v) is 3.60. The van der Waals surface area contributed by atoms with Crippen LogP contribution in [-0.2, 0) is 9.47 Å². The monoisotopic (exact) mass is 250 g/mol. The van der Waals surface area contributed by atoms with Crippen molar-refractivity contribution in [2.75, 3.05) is 13.2 Å². The molecule has 0 radical (unpaired) electrons. The molecular formula is C16H26O2. The quantitative estimate of drug-likeness (QED) is 0.732. The zero-order valence-corrected chi connectivity index (χ0v) is 11.9. The topological polar surface area (TPSA) is 18.5 Å². The lowest BCUT2D eigenvalue weighted by atomic mass is 9.84. The molecule has 0 aromatic carbocycles. The minimum absolute atomic E-state index is 0.0325. The second kappa shape index (κ2) is 6.53. The molecular weight excluding hydrogens is 224 g/mol. The second-order valence-electron chi connectivity index (χ2n) is 6.04. The Balaban J connectivity index is 1.86. The van der Waals surface area contributed by atoms with Gasteiger partial charge in [-0.3, -0.25) is 0 Å². The lowest BCUT2D eigenvalue weighted by Crippen LogP contribution is -2.10. The van der Waals surface area contributed by atoms with Crippen molar-refractivity contribution < 1.29 is 9.47 Å². The van der Waals surface area contributed by atoms with Gasteiger partial charge >= 0.3 is 0 Å². The van der Waals surface area contributed by atoms with Crippen LogP contribution in [0.4, 0.5) is 0 Å². The summed E-state index contributed by atoms with van der Waals surface area (Å²) in [6.07, 6.45) is 9.46. The average molecular weight is 250 g/mol. The molecule has 2 aliphatic rings. The van der Waals surface area contributed by atoms with Crippen molar-refractivity contribution in [1.82, 2.24) is 0 Å². The molecule has 0 aromatic heterocycles. The van der Waals surface area contributed by atoms with E-state index in [-0.39, 0.29) is 6.29 Å². The standard InChI is InChI=1S/C16H26O2/c1-12(2)8-15-10-13(3)9-14(11-15)4-5-16-17-6-7-18-16/h9,11-12,15-16H,4-8,10H2,1-3H3. The normalized spacial score (nSPS) is 25.4. The smallest absolute Gasteiger partial charge is 0.158 e. The van der Waals surface area contributed by atoms with Gasteiger partial charge in [0.05, 0.1) is 13.2 Å². The van der Waals surface area contributed by atoms with Gasteiger partial charge in [0.25, 0.3) is 0 Å². The first-order chi connectivity index (χ1) is 8.63. The van der Waals surface area contributed by atoms with Crippen molar-refractivity contribution in [3.63, 3.8) is 0 Å². The van der Waals surface area contributed by atoms with Crippen molar-refractivity contribution in [3.8, 4) is 0 Å². The number of allylic oxidation sites excluding steroid dienone is 4. The van der Waals surface area contributed by atoms with Gasteiger partial charge in [-0.2, -0.15) is 0 Å². The van der Waals surface area contributed by atoms with Gasteiger partial charge in [-0.25, -0.2) is 0 Å². The minimum atomic E-state index is 0.0325. The van der Waals surface area contributed by atoms with E-state index < -0.39 is 0 Å². The number of rotatable bonds is 5. The zero-order valence-electron chi connectivity index (χ0n) is 11.9. The zero-order chi connectivity index (χ0) is 13.0. The van der Waals surface area contributed by atoms with Gasteiger partial charge in [-0.05, 0) is 38.0 Å². The van der Waals surface area contributed by atoms with Crippen LogP contribution in [0.3, 0.4) is 0 Å². The Labute approximate surface area is 111 Å². The highest BCUT2D eigenvalue weighted by molar-refractivity contribution is 5.28. The first-order valence-electron chi connectivity index (χ1n) is 7.24. The SMILES string of the molecule is CC1=CC(CCC2OCCO2)=CC(CC(C)C)C1. The molecule has 2 heteroatoms. The van der Waals surface area contributed by atoms with E-state index in [1.54, 1.807) is 0 Å². The summed E-state index contributed by atoms with van der Waals surface area (Å²) in [5, 5.41) is 0. The summed E-state index contributed by atoms with van der Waals surface area (Å²) in [6, 6.07) is 0. The summed E-state index contributed by atoms with van der Waals surface area (Å²) >= 11 is 0. The molecule has 2 nitrogen and oxygen atoms in total. The van der Waals surface area contributed by atoms with Gasteiger partial charge in [-0.1, -0.05) is 37.1 Å². The highest BCUT2D eigenvalue weighted by Crippen LogP contribution is 2.30. The van der Waals surface area contributed by atoms with E-state index >= 15 is 0 Å². The number of hydrogen-bond donors (Lipinski definition) is 0. The molecule has 1 saturated heterocycles. The van der Waals surface area contributed by atoms with Crippen molar-refractivity contribution in [3.05, 3.63) is 23.3 Å². The molecule has 0 amide bonds. The maximum Gasteiger partial charge on any atom is 0.158 e. The van der Waals surface area contributed by atoms with E-state index in [1.165, 1.54) is 24.0 Å². The highest BCUT2D eigenvalue weighted by atomic mass is 16.7. The fourth-order valence-corrected chi connectivity index (χ4v) is 2.97. The summed E-state index contributed by atoms with van der Waals surface area (Å²) in [5.41, 5.74) is 3.00. The van der Waals surface area contributed by atoms with E-state index in [1.807, 2.05) is 0 Å². The third kappa shape index (κ3) is 4.25. The molecule has 1 heterocycles. The van der Waals surface area contributed by atoms with Crippen LogP contribution >= 0.6 is 0 Å². The van der Waals surface area contributed by atoms with Crippen molar-refractivity contribution in [2.45, 2.75) is 52.7 Å². The van der Waals surface area contributed by atoms with Crippen LogP contribution in [0.1, 0.15) is 46.5 Å². The molecule has 1 fully saturated rings. The Bertz CT molecular complexity index is 322. The van der Waals surface area contributed by atoms with Crippen LogP contribution < -0.4 is 0 Å². The first kappa shape index (κ1) is 13.8. The van der Waals surface area contributed by atoms with Gasteiger partial charge in [0.2, 0.25) is 0 Å². The number of hydrogen-bond acceptors (Lipinski definition) is 2. The maximum absolute atomic E-state index is 5.49. The largest absolute Gasteiger partial charge is 0.350 e. The average Bonchev–Trinajstić information content (AvgIpc) is 2.77. The summed E-state index contributed by atoms with van der Waals surface area (Å²) in [6.45, 7) is 8.38. The summed E-state index contributed by atoms with van der Waals surface area (Å²) in [5.74, 6) is 1.51. The van der Waals surface area contributed by atoms with Crippen molar-refractivity contribution in [2.24, 2.45) is 11.8 Å². The Kier molecular flexibility index (Phi) is 5.02. The van der Waals surface area contributed by atoms with Gasteiger partial charge in [0, 0.05) is 6.42 Å².